The van der Waals surface area contributed by atoms with Crippen molar-refractivity contribution in [3.63, 3.8) is 0 Å². The average molecular weight is 419 g/mol. The van der Waals surface area contributed by atoms with E-state index in [0.29, 0.717) is 19.6 Å². The second kappa shape index (κ2) is 8.59. The van der Waals surface area contributed by atoms with E-state index in [0.717, 1.165) is 21.4 Å². The van der Waals surface area contributed by atoms with Gasteiger partial charge in [0.05, 0.1) is 6.04 Å². The zero-order chi connectivity index (χ0) is 22.0. The molecule has 2 amide bonds. The van der Waals surface area contributed by atoms with Gasteiger partial charge in [0.1, 0.15) is 6.54 Å². The summed E-state index contributed by atoms with van der Waals surface area (Å²) in [5.41, 5.74) is 2.67. The van der Waals surface area contributed by atoms with Crippen LogP contribution in [0, 0.1) is 6.92 Å². The van der Waals surface area contributed by atoms with Crippen LogP contribution in [0.25, 0.3) is 0 Å². The summed E-state index contributed by atoms with van der Waals surface area (Å²) in [7, 11) is 0. The Morgan fingerprint density at radius 2 is 1.87 bits per heavy atom. The highest BCUT2D eigenvalue weighted by Crippen LogP contribution is 2.14. The van der Waals surface area contributed by atoms with Crippen molar-refractivity contribution in [3.8, 4) is 0 Å². The molecule has 8 nitrogen and oxygen atoms in total. The topological polar surface area (TPSA) is 89.2 Å². The van der Waals surface area contributed by atoms with Crippen LogP contribution in [-0.2, 0) is 24.4 Å². The molecule has 0 radical (unpaired) electrons. The van der Waals surface area contributed by atoms with Crippen LogP contribution in [0.1, 0.15) is 40.3 Å². The number of nitrogens with zero attached hydrogens (tertiary/aromatic N) is 4. The summed E-state index contributed by atoms with van der Waals surface area (Å²) in [4.78, 5) is 39.7. The maximum Gasteiger partial charge on any atom is 0.346 e. The van der Waals surface area contributed by atoms with Gasteiger partial charge in [-0.15, -0.1) is 5.10 Å². The number of amides is 2. The van der Waals surface area contributed by atoms with Gasteiger partial charge in [-0.1, -0.05) is 60.2 Å². The summed E-state index contributed by atoms with van der Waals surface area (Å²) < 4.78 is 2.42. The Hall–Kier alpha value is -3.68. The predicted octanol–water partition coefficient (Wildman–Crippen LogP) is 1.89. The van der Waals surface area contributed by atoms with Gasteiger partial charge in [-0.25, -0.2) is 9.48 Å². The zero-order valence-electron chi connectivity index (χ0n) is 17.6. The fourth-order valence-corrected chi connectivity index (χ4v) is 3.80. The molecule has 0 fully saturated rings. The van der Waals surface area contributed by atoms with Gasteiger partial charge in [-0.05, 0) is 25.0 Å². The summed E-state index contributed by atoms with van der Waals surface area (Å²) in [6.45, 7) is 4.87. The molecule has 2 aromatic carbocycles. The van der Waals surface area contributed by atoms with Crippen LogP contribution in [-0.4, -0.2) is 37.6 Å². The Morgan fingerprint density at radius 3 is 2.61 bits per heavy atom. The van der Waals surface area contributed by atoms with E-state index < -0.39 is 5.69 Å². The molecule has 1 unspecified atom stereocenters. The first-order chi connectivity index (χ1) is 14.9. The molecular formula is C23H25N5O3. The van der Waals surface area contributed by atoms with Crippen molar-refractivity contribution < 1.29 is 9.59 Å². The third-order valence-corrected chi connectivity index (χ3v) is 5.42. The summed E-state index contributed by atoms with van der Waals surface area (Å²) in [6.07, 6.45) is 0. The highest BCUT2D eigenvalue weighted by Gasteiger charge is 2.30. The van der Waals surface area contributed by atoms with Gasteiger partial charge in [-0.3, -0.25) is 14.2 Å². The molecule has 0 spiro atoms. The number of nitrogens with one attached hydrogen (secondary N) is 1. The van der Waals surface area contributed by atoms with Crippen molar-refractivity contribution in [2.45, 2.75) is 39.5 Å². The molecule has 4 rings (SSSR count). The van der Waals surface area contributed by atoms with E-state index in [2.05, 4.69) is 10.4 Å². The Bertz CT molecular complexity index is 1170. The largest absolute Gasteiger partial charge is 0.348 e. The van der Waals surface area contributed by atoms with Crippen LogP contribution in [0.5, 0.6) is 0 Å². The van der Waals surface area contributed by atoms with Crippen molar-refractivity contribution >= 4 is 11.8 Å². The molecule has 1 aromatic heterocycles. The number of hydrogen-bond donors (Lipinski definition) is 1. The molecule has 1 aliphatic heterocycles. The maximum absolute atomic E-state index is 12.9. The highest BCUT2D eigenvalue weighted by atomic mass is 16.2. The molecule has 1 aliphatic rings. The predicted molar refractivity (Wildman–Crippen MR) is 115 cm³/mol. The van der Waals surface area contributed by atoms with Crippen molar-refractivity contribution in [1.82, 2.24) is 24.6 Å². The number of carbonyl (C=O) groups is 2. The van der Waals surface area contributed by atoms with E-state index in [-0.39, 0.29) is 30.2 Å². The van der Waals surface area contributed by atoms with E-state index in [9.17, 15) is 14.4 Å². The molecule has 0 saturated heterocycles. The van der Waals surface area contributed by atoms with Gasteiger partial charge in [-0.2, -0.15) is 0 Å². The van der Waals surface area contributed by atoms with Gasteiger partial charge in [0, 0.05) is 19.6 Å². The first-order valence-electron chi connectivity index (χ1n) is 10.3. The number of aryl methyl sites for hydroxylation is 1. The third-order valence-electron chi connectivity index (χ3n) is 5.42. The summed E-state index contributed by atoms with van der Waals surface area (Å²) in [5.74, 6) is -0.563. The first kappa shape index (κ1) is 20.6. The number of rotatable bonds is 6. The van der Waals surface area contributed by atoms with Crippen molar-refractivity contribution in [2.24, 2.45) is 0 Å². The van der Waals surface area contributed by atoms with Crippen LogP contribution in [0.2, 0.25) is 0 Å². The number of aromatic nitrogens is 3. The summed E-state index contributed by atoms with van der Waals surface area (Å²) >= 11 is 0. The lowest BCUT2D eigenvalue weighted by atomic mass is 10.1. The fourth-order valence-electron chi connectivity index (χ4n) is 3.80. The Kier molecular flexibility index (Phi) is 5.70. The molecule has 0 saturated carbocycles. The highest BCUT2D eigenvalue weighted by molar-refractivity contribution is 5.91. The number of benzene rings is 2. The molecule has 1 atom stereocenters. The molecule has 31 heavy (non-hydrogen) atoms. The summed E-state index contributed by atoms with van der Waals surface area (Å²) in [6, 6.07) is 17.3. The lowest BCUT2D eigenvalue weighted by molar-refractivity contribution is -0.122. The first-order valence-corrected chi connectivity index (χ1v) is 10.3. The number of carbonyl (C=O) groups excluding carboxylic acids is 2. The summed E-state index contributed by atoms with van der Waals surface area (Å²) in [5, 5.41) is 7.04. The van der Waals surface area contributed by atoms with E-state index >= 15 is 0 Å². The normalized spacial score (nSPS) is 14.3. The Balaban J connectivity index is 1.46. The van der Waals surface area contributed by atoms with E-state index in [1.807, 2.05) is 68.4 Å². The second-order valence-electron chi connectivity index (χ2n) is 7.83. The standard InChI is InChI=1S/C23H25N5O3/c1-16-7-6-8-18(13-16)14-26-11-12-27-21(22(26)30)25-28(23(27)31)15-20(29)24-17(2)19-9-4-3-5-10-19/h3-10,13,17H,11-12,14-15H2,1-2H3,(H,24,29). The monoisotopic (exact) mass is 419 g/mol. The molecular weight excluding hydrogens is 394 g/mol. The van der Waals surface area contributed by atoms with Crippen molar-refractivity contribution in [1.29, 1.82) is 0 Å². The van der Waals surface area contributed by atoms with Gasteiger partial charge < -0.3 is 10.2 Å². The van der Waals surface area contributed by atoms with Gasteiger partial charge in [0.2, 0.25) is 11.7 Å². The van der Waals surface area contributed by atoms with Crippen LogP contribution < -0.4 is 11.0 Å². The quantitative estimate of drug-likeness (QED) is 0.661. The second-order valence-corrected chi connectivity index (χ2v) is 7.83. The SMILES string of the molecule is Cc1cccc(CN2CCn3c(nn(CC(=O)NC(C)c4ccccc4)c3=O)C2=O)c1. The zero-order valence-corrected chi connectivity index (χ0v) is 17.6. The van der Waals surface area contributed by atoms with Gasteiger partial charge in [0.15, 0.2) is 0 Å². The van der Waals surface area contributed by atoms with Gasteiger partial charge in [0.25, 0.3) is 5.91 Å². The van der Waals surface area contributed by atoms with Crippen molar-refractivity contribution in [2.75, 3.05) is 6.54 Å². The molecule has 1 N–H and O–H groups in total. The smallest absolute Gasteiger partial charge is 0.346 e. The molecule has 8 heteroatoms. The molecule has 3 aromatic rings. The minimum Gasteiger partial charge on any atom is -0.348 e. The van der Waals surface area contributed by atoms with Crippen LogP contribution in [0.4, 0.5) is 0 Å². The number of hydrogen-bond acceptors (Lipinski definition) is 4. The van der Waals surface area contributed by atoms with Gasteiger partial charge >= 0.3 is 5.69 Å². The van der Waals surface area contributed by atoms with E-state index in [1.54, 1.807) is 4.90 Å². The van der Waals surface area contributed by atoms with Crippen LogP contribution in [0.15, 0.2) is 59.4 Å². The Morgan fingerprint density at radius 1 is 1.10 bits per heavy atom. The lowest BCUT2D eigenvalue weighted by Crippen LogP contribution is -2.42. The molecule has 0 bridgehead atoms. The van der Waals surface area contributed by atoms with E-state index in [4.69, 9.17) is 0 Å². The van der Waals surface area contributed by atoms with E-state index in [1.165, 1.54) is 4.57 Å². The third kappa shape index (κ3) is 4.42. The fraction of sp³-hybridized carbons (Fsp3) is 0.304. The number of fused-ring (bicyclic) bond motifs is 1. The van der Waals surface area contributed by atoms with Crippen molar-refractivity contribution in [3.05, 3.63) is 87.6 Å². The minimum atomic E-state index is -0.443. The molecule has 2 heterocycles. The molecule has 160 valence electrons. The average Bonchev–Trinajstić information content (AvgIpc) is 3.07. The Labute approximate surface area is 180 Å². The maximum atomic E-state index is 12.9. The lowest BCUT2D eigenvalue weighted by Gasteiger charge is -2.26. The minimum absolute atomic E-state index is 0.0767. The van der Waals surface area contributed by atoms with Crippen LogP contribution >= 0.6 is 0 Å². The van der Waals surface area contributed by atoms with Crippen LogP contribution in [0.3, 0.4) is 0 Å². The molecule has 0 aliphatic carbocycles.